The summed E-state index contributed by atoms with van der Waals surface area (Å²) < 4.78 is 77.0. The molecule has 0 amide bonds. The fourth-order valence-corrected chi connectivity index (χ4v) is 2.35. The lowest BCUT2D eigenvalue weighted by Crippen LogP contribution is -2.32. The summed E-state index contributed by atoms with van der Waals surface area (Å²) in [4.78, 5) is -1.66. The maximum absolute atomic E-state index is 13.2. The molecule has 0 aliphatic heterocycles. The van der Waals surface area contributed by atoms with Crippen molar-refractivity contribution in [2.24, 2.45) is 0 Å². The molecule has 1 rings (SSSR count). The molecule has 0 heterocycles. The molecule has 0 bridgehead atoms. The van der Waals surface area contributed by atoms with Crippen LogP contribution in [0.25, 0.3) is 0 Å². The third-order valence-electron chi connectivity index (χ3n) is 2.01. The minimum atomic E-state index is -4.66. The molecule has 0 radical (unpaired) electrons. The molecule has 4 nitrogen and oxygen atoms in total. The van der Waals surface area contributed by atoms with Crippen molar-refractivity contribution in [1.82, 2.24) is 10.0 Å². The number of benzene rings is 1. The fraction of sp³-hybridized carbons (Fsp3) is 0.333. The SMILES string of the molecule is CNCCNS(=O)(=O)c1c(F)c(F)cc(F)c1F.Cl. The topological polar surface area (TPSA) is 58.2 Å². The number of hydrogen-bond donors (Lipinski definition) is 2. The molecule has 19 heavy (non-hydrogen) atoms. The summed E-state index contributed by atoms with van der Waals surface area (Å²) in [5, 5.41) is 2.58. The van der Waals surface area contributed by atoms with Gasteiger partial charge in [0.2, 0.25) is 10.0 Å². The van der Waals surface area contributed by atoms with Crippen LogP contribution in [0.4, 0.5) is 17.6 Å². The summed E-state index contributed by atoms with van der Waals surface area (Å²) in [6.45, 7) is -0.00386. The molecule has 1 aromatic rings. The molecule has 0 atom stereocenters. The largest absolute Gasteiger partial charge is 0.318 e. The van der Waals surface area contributed by atoms with Crippen LogP contribution in [0.3, 0.4) is 0 Å². The van der Waals surface area contributed by atoms with Gasteiger partial charge in [0.15, 0.2) is 28.2 Å². The summed E-state index contributed by atoms with van der Waals surface area (Å²) in [6.07, 6.45) is 0. The second kappa shape index (κ2) is 7.04. The number of rotatable bonds is 5. The van der Waals surface area contributed by atoms with Crippen molar-refractivity contribution in [2.75, 3.05) is 20.1 Å². The highest BCUT2D eigenvalue weighted by Gasteiger charge is 2.29. The fourth-order valence-electron chi connectivity index (χ4n) is 1.17. The summed E-state index contributed by atoms with van der Waals surface area (Å²) in [7, 11) is -3.13. The zero-order valence-electron chi connectivity index (χ0n) is 9.64. The molecule has 0 saturated heterocycles. The monoisotopic (exact) mass is 322 g/mol. The van der Waals surface area contributed by atoms with Gasteiger partial charge in [-0.1, -0.05) is 0 Å². The van der Waals surface area contributed by atoms with Crippen molar-refractivity contribution >= 4 is 22.4 Å². The van der Waals surface area contributed by atoms with Gasteiger partial charge in [-0.05, 0) is 7.05 Å². The number of nitrogens with one attached hydrogen (secondary N) is 2. The Kier molecular flexibility index (Phi) is 6.70. The normalized spacial score (nSPS) is 11.2. The van der Waals surface area contributed by atoms with Gasteiger partial charge in [0.25, 0.3) is 0 Å². The van der Waals surface area contributed by atoms with E-state index in [0.29, 0.717) is 0 Å². The maximum atomic E-state index is 13.2. The molecule has 0 fully saturated rings. The minimum absolute atomic E-state index is 0. The van der Waals surface area contributed by atoms with E-state index in [9.17, 15) is 26.0 Å². The Morgan fingerprint density at radius 1 is 1.05 bits per heavy atom. The Balaban J connectivity index is 0.00000324. The van der Waals surface area contributed by atoms with Gasteiger partial charge in [0, 0.05) is 19.2 Å². The van der Waals surface area contributed by atoms with E-state index in [0.717, 1.165) is 0 Å². The first-order valence-electron chi connectivity index (χ1n) is 4.78. The van der Waals surface area contributed by atoms with E-state index in [1.165, 1.54) is 7.05 Å². The van der Waals surface area contributed by atoms with Crippen LogP contribution in [0.5, 0.6) is 0 Å². The predicted octanol–water partition coefficient (Wildman–Crippen LogP) is 1.16. The number of halogens is 5. The predicted molar refractivity (Wildman–Crippen MR) is 62.6 cm³/mol. The van der Waals surface area contributed by atoms with Crippen LogP contribution in [0, 0.1) is 23.3 Å². The van der Waals surface area contributed by atoms with Crippen LogP contribution in [0.1, 0.15) is 0 Å². The van der Waals surface area contributed by atoms with E-state index in [1.54, 1.807) is 0 Å². The average molecular weight is 323 g/mol. The number of likely N-dealkylation sites (N-methyl/N-ethyl adjacent to an activating group) is 1. The van der Waals surface area contributed by atoms with Crippen molar-refractivity contribution in [3.05, 3.63) is 29.3 Å². The van der Waals surface area contributed by atoms with Crippen LogP contribution in [-0.2, 0) is 10.0 Å². The molecule has 1 aromatic carbocycles. The van der Waals surface area contributed by atoms with Crippen LogP contribution in [-0.4, -0.2) is 28.6 Å². The first-order valence-corrected chi connectivity index (χ1v) is 6.27. The van der Waals surface area contributed by atoms with Gasteiger partial charge in [0.1, 0.15) is 0 Å². The lowest BCUT2D eigenvalue weighted by atomic mass is 10.3. The van der Waals surface area contributed by atoms with E-state index in [2.05, 4.69) is 5.32 Å². The van der Waals surface area contributed by atoms with Gasteiger partial charge in [-0.25, -0.2) is 30.7 Å². The van der Waals surface area contributed by atoms with E-state index in [-0.39, 0.29) is 31.6 Å². The van der Waals surface area contributed by atoms with E-state index >= 15 is 0 Å². The summed E-state index contributed by atoms with van der Waals surface area (Å²) in [5.41, 5.74) is 0. The molecular weight excluding hydrogens is 312 g/mol. The van der Waals surface area contributed by atoms with Gasteiger partial charge in [-0.15, -0.1) is 12.4 Å². The first-order chi connectivity index (χ1) is 8.31. The van der Waals surface area contributed by atoms with Crippen molar-refractivity contribution in [3.63, 3.8) is 0 Å². The molecule has 0 aliphatic rings. The molecular formula is C9H11ClF4N2O2S. The van der Waals surface area contributed by atoms with Crippen molar-refractivity contribution < 1.29 is 26.0 Å². The molecule has 0 aliphatic carbocycles. The van der Waals surface area contributed by atoms with Gasteiger partial charge >= 0.3 is 0 Å². The van der Waals surface area contributed by atoms with Crippen molar-refractivity contribution in [2.45, 2.75) is 4.90 Å². The molecule has 0 spiro atoms. The Hall–Kier alpha value is -0.900. The van der Waals surface area contributed by atoms with Crippen LogP contribution < -0.4 is 10.0 Å². The van der Waals surface area contributed by atoms with Crippen LogP contribution in [0.15, 0.2) is 11.0 Å². The molecule has 110 valence electrons. The third kappa shape index (κ3) is 4.03. The van der Waals surface area contributed by atoms with E-state index in [4.69, 9.17) is 0 Å². The smallest absolute Gasteiger partial charge is 0.246 e. The van der Waals surface area contributed by atoms with Gasteiger partial charge in [-0.3, -0.25) is 0 Å². The highest BCUT2D eigenvalue weighted by Crippen LogP contribution is 2.23. The Morgan fingerprint density at radius 3 is 1.95 bits per heavy atom. The Labute approximate surface area is 113 Å². The minimum Gasteiger partial charge on any atom is -0.318 e. The van der Waals surface area contributed by atoms with Gasteiger partial charge < -0.3 is 5.32 Å². The molecule has 2 N–H and O–H groups in total. The third-order valence-corrected chi connectivity index (χ3v) is 3.49. The maximum Gasteiger partial charge on any atom is 0.246 e. The Morgan fingerprint density at radius 2 is 1.53 bits per heavy atom. The number of hydrogen-bond acceptors (Lipinski definition) is 3. The van der Waals surface area contributed by atoms with E-state index in [1.807, 2.05) is 4.72 Å². The highest BCUT2D eigenvalue weighted by atomic mass is 35.5. The zero-order valence-corrected chi connectivity index (χ0v) is 11.3. The van der Waals surface area contributed by atoms with E-state index < -0.39 is 38.2 Å². The lowest BCUT2D eigenvalue weighted by molar-refractivity contribution is 0.418. The van der Waals surface area contributed by atoms with Gasteiger partial charge in [-0.2, -0.15) is 0 Å². The highest BCUT2D eigenvalue weighted by molar-refractivity contribution is 7.89. The molecule has 0 aromatic heterocycles. The van der Waals surface area contributed by atoms with Gasteiger partial charge in [0.05, 0.1) is 0 Å². The quantitative estimate of drug-likeness (QED) is 0.486. The van der Waals surface area contributed by atoms with Crippen molar-refractivity contribution in [3.8, 4) is 0 Å². The zero-order chi connectivity index (χ0) is 13.9. The summed E-state index contributed by atoms with van der Waals surface area (Å²) in [5.74, 6) is -7.46. The number of sulfonamides is 1. The first kappa shape index (κ1) is 18.1. The second-order valence-corrected chi connectivity index (χ2v) is 5.00. The second-order valence-electron chi connectivity index (χ2n) is 3.30. The van der Waals surface area contributed by atoms with Crippen LogP contribution >= 0.6 is 12.4 Å². The van der Waals surface area contributed by atoms with Crippen molar-refractivity contribution in [1.29, 1.82) is 0 Å². The standard InChI is InChI=1S/C9H10F4N2O2S.ClH/c1-14-2-3-15-18(16,17)9-7(12)5(10)4-6(11)8(9)13;/h4,14-15H,2-3H2,1H3;1H. The average Bonchev–Trinajstić information content (AvgIpc) is 2.26. The lowest BCUT2D eigenvalue weighted by Gasteiger charge is -2.09. The summed E-state index contributed by atoms with van der Waals surface area (Å²) in [6, 6.07) is -0.0582. The molecule has 0 unspecified atom stereocenters. The summed E-state index contributed by atoms with van der Waals surface area (Å²) >= 11 is 0. The van der Waals surface area contributed by atoms with Crippen LogP contribution in [0.2, 0.25) is 0 Å². The molecule has 10 heteroatoms. The Bertz CT molecular complexity index is 527. The molecule has 0 saturated carbocycles.